The van der Waals surface area contributed by atoms with E-state index in [9.17, 15) is 13.2 Å². The molecule has 0 bridgehead atoms. The van der Waals surface area contributed by atoms with Crippen LogP contribution in [0.1, 0.15) is 6.92 Å². The van der Waals surface area contributed by atoms with Gasteiger partial charge in [-0.05, 0) is 18.2 Å². The normalized spacial score (nSPS) is 21.4. The van der Waals surface area contributed by atoms with Gasteiger partial charge in [0.05, 0.1) is 11.8 Å². The van der Waals surface area contributed by atoms with Crippen LogP contribution >= 0.6 is 0 Å². The van der Waals surface area contributed by atoms with Crippen LogP contribution < -0.4 is 4.90 Å². The average molecular weight is 251 g/mol. The second kappa shape index (κ2) is 4.33. The smallest absolute Gasteiger partial charge is 0.224 e. The van der Waals surface area contributed by atoms with Crippen molar-refractivity contribution < 1.29 is 13.2 Å². The number of benzene rings is 1. The van der Waals surface area contributed by atoms with Gasteiger partial charge in [-0.15, -0.1) is 0 Å². The van der Waals surface area contributed by atoms with E-state index in [0.717, 1.165) is 0 Å². The zero-order chi connectivity index (χ0) is 12.5. The molecule has 2 rings (SSSR count). The second-order valence-corrected chi connectivity index (χ2v) is 5.88. The van der Waals surface area contributed by atoms with Crippen molar-refractivity contribution in [2.75, 3.05) is 10.7 Å². The number of anilines is 1. The third-order valence-corrected chi connectivity index (χ3v) is 3.99. The lowest BCUT2D eigenvalue weighted by Crippen LogP contribution is -2.39. The fourth-order valence-corrected chi connectivity index (χ4v) is 3.18. The highest BCUT2D eigenvalue weighted by molar-refractivity contribution is 7.94. The van der Waals surface area contributed by atoms with Gasteiger partial charge < -0.3 is 4.90 Å². The molecule has 0 fully saturated rings. The SMILES string of the molecule is CC(=O)N(c1ccccc1)[C@H]1C=CS(=O)(=O)C1. The number of rotatable bonds is 2. The summed E-state index contributed by atoms with van der Waals surface area (Å²) in [7, 11) is -3.16. The summed E-state index contributed by atoms with van der Waals surface area (Å²) in [6.07, 6.45) is 1.56. The van der Waals surface area contributed by atoms with Gasteiger partial charge in [0.25, 0.3) is 0 Å². The van der Waals surface area contributed by atoms with Gasteiger partial charge in [0.2, 0.25) is 5.91 Å². The van der Waals surface area contributed by atoms with Crippen molar-refractivity contribution in [3.8, 4) is 0 Å². The highest BCUT2D eigenvalue weighted by Gasteiger charge is 2.29. The Morgan fingerprint density at radius 2 is 1.94 bits per heavy atom. The maximum Gasteiger partial charge on any atom is 0.224 e. The second-order valence-electron chi connectivity index (χ2n) is 3.95. The molecule has 17 heavy (non-hydrogen) atoms. The fraction of sp³-hybridized carbons (Fsp3) is 0.250. The molecule has 5 heteroatoms. The standard InChI is InChI=1S/C12H13NO3S/c1-10(14)13(11-5-3-2-4-6-11)12-7-8-17(15,16)9-12/h2-8,12H,9H2,1H3/t12-/m0/s1. The zero-order valence-corrected chi connectivity index (χ0v) is 10.2. The first-order valence-electron chi connectivity index (χ1n) is 5.25. The first-order chi connectivity index (χ1) is 7.99. The molecule has 1 aliphatic rings. The maximum absolute atomic E-state index is 11.6. The molecule has 1 aromatic rings. The molecule has 1 aromatic carbocycles. The number of amides is 1. The van der Waals surface area contributed by atoms with Crippen molar-refractivity contribution in [1.29, 1.82) is 0 Å². The molecular formula is C12H13NO3S. The van der Waals surface area contributed by atoms with Crippen molar-refractivity contribution >= 4 is 21.4 Å². The lowest BCUT2D eigenvalue weighted by Gasteiger charge is -2.26. The Hall–Kier alpha value is -1.62. The molecule has 1 aliphatic heterocycles. The summed E-state index contributed by atoms with van der Waals surface area (Å²) in [5.74, 6) is -0.204. The summed E-state index contributed by atoms with van der Waals surface area (Å²) in [6, 6.07) is 8.67. The quantitative estimate of drug-likeness (QED) is 0.797. The van der Waals surface area contributed by atoms with E-state index in [1.807, 2.05) is 18.2 Å². The highest BCUT2D eigenvalue weighted by atomic mass is 32.2. The molecule has 0 aromatic heterocycles. The van der Waals surface area contributed by atoms with Gasteiger partial charge in [0.1, 0.15) is 0 Å². The van der Waals surface area contributed by atoms with Crippen LogP contribution in [0, 0.1) is 0 Å². The Bertz CT molecular complexity index is 548. The molecule has 0 N–H and O–H groups in total. The van der Waals surface area contributed by atoms with Crippen LogP contribution in [0.5, 0.6) is 0 Å². The van der Waals surface area contributed by atoms with Crippen LogP contribution in [-0.2, 0) is 14.6 Å². The summed E-state index contributed by atoms with van der Waals surface area (Å²) in [4.78, 5) is 13.1. The van der Waals surface area contributed by atoms with E-state index in [0.29, 0.717) is 5.69 Å². The van der Waals surface area contributed by atoms with E-state index < -0.39 is 15.9 Å². The molecule has 0 saturated carbocycles. The Balaban J connectivity index is 2.33. The summed E-state index contributed by atoms with van der Waals surface area (Å²) < 4.78 is 22.7. The van der Waals surface area contributed by atoms with E-state index in [1.54, 1.807) is 18.2 Å². The van der Waals surface area contributed by atoms with E-state index in [4.69, 9.17) is 0 Å². The predicted octanol–water partition coefficient (Wildman–Crippen LogP) is 1.35. The van der Waals surface area contributed by atoms with Crippen molar-refractivity contribution in [2.24, 2.45) is 0 Å². The number of carbonyl (C=O) groups excluding carboxylic acids is 1. The number of sulfone groups is 1. The van der Waals surface area contributed by atoms with E-state index >= 15 is 0 Å². The van der Waals surface area contributed by atoms with Crippen molar-refractivity contribution in [2.45, 2.75) is 13.0 Å². The monoisotopic (exact) mass is 251 g/mol. The van der Waals surface area contributed by atoms with Gasteiger partial charge in [0, 0.05) is 18.0 Å². The highest BCUT2D eigenvalue weighted by Crippen LogP contribution is 2.22. The number of carbonyl (C=O) groups is 1. The Morgan fingerprint density at radius 3 is 2.41 bits per heavy atom. The van der Waals surface area contributed by atoms with Crippen molar-refractivity contribution in [3.63, 3.8) is 0 Å². The summed E-state index contributed by atoms with van der Waals surface area (Å²) in [5.41, 5.74) is 0.715. The Morgan fingerprint density at radius 1 is 1.29 bits per heavy atom. The fourth-order valence-electron chi connectivity index (χ4n) is 1.92. The summed E-state index contributed by atoms with van der Waals surface area (Å²) in [5, 5.41) is 1.18. The maximum atomic E-state index is 11.6. The van der Waals surface area contributed by atoms with Gasteiger partial charge in [-0.1, -0.05) is 18.2 Å². The van der Waals surface area contributed by atoms with Crippen LogP contribution in [0.2, 0.25) is 0 Å². The average Bonchev–Trinajstić information content (AvgIpc) is 2.60. The van der Waals surface area contributed by atoms with Crippen LogP contribution in [-0.4, -0.2) is 26.1 Å². The third-order valence-electron chi connectivity index (χ3n) is 2.62. The lowest BCUT2D eigenvalue weighted by molar-refractivity contribution is -0.116. The molecule has 4 nitrogen and oxygen atoms in total. The predicted molar refractivity (Wildman–Crippen MR) is 66.3 cm³/mol. The molecule has 1 atom stereocenters. The van der Waals surface area contributed by atoms with Crippen LogP contribution in [0.25, 0.3) is 0 Å². The van der Waals surface area contributed by atoms with Crippen molar-refractivity contribution in [1.82, 2.24) is 0 Å². The zero-order valence-electron chi connectivity index (χ0n) is 9.41. The Labute approximate surface area is 100 Å². The number of para-hydroxylation sites is 1. The number of hydrogen-bond acceptors (Lipinski definition) is 3. The lowest BCUT2D eigenvalue weighted by atomic mass is 10.2. The number of hydrogen-bond donors (Lipinski definition) is 0. The molecule has 0 radical (unpaired) electrons. The largest absolute Gasteiger partial charge is 0.305 e. The molecule has 1 heterocycles. The Kier molecular flexibility index (Phi) is 3.02. The van der Waals surface area contributed by atoms with Crippen LogP contribution in [0.3, 0.4) is 0 Å². The van der Waals surface area contributed by atoms with Gasteiger partial charge in [0.15, 0.2) is 9.84 Å². The minimum Gasteiger partial charge on any atom is -0.305 e. The van der Waals surface area contributed by atoms with E-state index in [-0.39, 0.29) is 11.7 Å². The van der Waals surface area contributed by atoms with Crippen LogP contribution in [0.4, 0.5) is 5.69 Å². The van der Waals surface area contributed by atoms with E-state index in [2.05, 4.69) is 0 Å². The number of nitrogens with zero attached hydrogens (tertiary/aromatic N) is 1. The van der Waals surface area contributed by atoms with E-state index in [1.165, 1.54) is 17.2 Å². The first-order valence-corrected chi connectivity index (χ1v) is 6.97. The topological polar surface area (TPSA) is 54.5 Å². The van der Waals surface area contributed by atoms with Gasteiger partial charge >= 0.3 is 0 Å². The van der Waals surface area contributed by atoms with Crippen molar-refractivity contribution in [3.05, 3.63) is 41.8 Å². The molecule has 0 aliphatic carbocycles. The third kappa shape index (κ3) is 2.55. The first kappa shape index (κ1) is 11.9. The minimum atomic E-state index is -3.16. The molecule has 0 saturated heterocycles. The molecule has 0 spiro atoms. The summed E-state index contributed by atoms with van der Waals surface area (Å²) in [6.45, 7) is 1.44. The molecule has 90 valence electrons. The minimum absolute atomic E-state index is 0.0402. The van der Waals surface area contributed by atoms with Gasteiger partial charge in [-0.25, -0.2) is 8.42 Å². The molecular weight excluding hydrogens is 238 g/mol. The van der Waals surface area contributed by atoms with Crippen LogP contribution in [0.15, 0.2) is 41.8 Å². The van der Waals surface area contributed by atoms with Gasteiger partial charge in [-0.3, -0.25) is 4.79 Å². The molecule has 1 amide bonds. The molecule has 0 unspecified atom stereocenters. The summed E-state index contributed by atoms with van der Waals surface area (Å²) >= 11 is 0. The van der Waals surface area contributed by atoms with Gasteiger partial charge in [-0.2, -0.15) is 0 Å².